The van der Waals surface area contributed by atoms with Crippen LogP contribution in [0.25, 0.3) is 11.3 Å². The second-order valence-corrected chi connectivity index (χ2v) is 10.1. The molecular formula is C22H19Cl2N3O4S. The van der Waals surface area contributed by atoms with E-state index in [2.05, 4.69) is 4.98 Å². The molecule has 3 rings (SSSR count). The fourth-order valence-corrected chi connectivity index (χ4v) is 3.98. The lowest BCUT2D eigenvalue weighted by atomic mass is 10.1. The Kier molecular flexibility index (Phi) is 7.18. The molecule has 0 aliphatic carbocycles. The molecule has 166 valence electrons. The lowest BCUT2D eigenvalue weighted by Gasteiger charge is -2.24. The number of amides is 2. The molecule has 2 aromatic carbocycles. The summed E-state index contributed by atoms with van der Waals surface area (Å²) in [4.78, 5) is 30.4. The Morgan fingerprint density at radius 1 is 1.03 bits per heavy atom. The van der Waals surface area contributed by atoms with Crippen molar-refractivity contribution in [3.05, 3.63) is 82.0 Å². The smallest absolute Gasteiger partial charge is 0.259 e. The lowest BCUT2D eigenvalue weighted by Crippen LogP contribution is -2.35. The average molecular weight is 492 g/mol. The number of halogens is 2. The summed E-state index contributed by atoms with van der Waals surface area (Å²) in [5, 5.41) is 0.446. The molecular weight excluding hydrogens is 473 g/mol. The first-order chi connectivity index (χ1) is 15.1. The molecule has 2 amide bonds. The third kappa shape index (κ3) is 5.64. The maximum atomic E-state index is 13.4. The summed E-state index contributed by atoms with van der Waals surface area (Å²) in [6.45, 7) is -0.116. The van der Waals surface area contributed by atoms with Crippen molar-refractivity contribution in [1.82, 2.24) is 4.98 Å². The van der Waals surface area contributed by atoms with Crippen LogP contribution in [0.2, 0.25) is 10.0 Å². The standard InChI is InChI=1S/C22H19Cl2N3O4S/c1-32(30,31)11-10-27(22(29)16-7-5-14(21(25)28)12-19(16)24)15-6-8-18(23)17(13-15)20-4-2-3-9-26-20/h2-9,12-13H,10-11H2,1H3,(H2,25,28). The Hall–Kier alpha value is -2.94. The highest BCUT2D eigenvalue weighted by atomic mass is 35.5. The third-order valence-electron chi connectivity index (χ3n) is 4.62. The average Bonchev–Trinajstić information content (AvgIpc) is 2.74. The van der Waals surface area contributed by atoms with Gasteiger partial charge >= 0.3 is 0 Å². The van der Waals surface area contributed by atoms with E-state index in [4.69, 9.17) is 28.9 Å². The van der Waals surface area contributed by atoms with Gasteiger partial charge in [0.25, 0.3) is 5.91 Å². The van der Waals surface area contributed by atoms with Gasteiger partial charge in [0.1, 0.15) is 9.84 Å². The number of benzene rings is 2. The third-order valence-corrected chi connectivity index (χ3v) is 6.18. The molecule has 10 heteroatoms. The van der Waals surface area contributed by atoms with Crippen molar-refractivity contribution in [2.45, 2.75) is 0 Å². The van der Waals surface area contributed by atoms with Crippen LogP contribution < -0.4 is 10.6 Å². The van der Waals surface area contributed by atoms with Crippen molar-refractivity contribution in [3.8, 4) is 11.3 Å². The molecule has 0 unspecified atom stereocenters. The predicted molar refractivity (Wildman–Crippen MR) is 126 cm³/mol. The van der Waals surface area contributed by atoms with Crippen LogP contribution in [0, 0.1) is 0 Å². The summed E-state index contributed by atoms with van der Waals surface area (Å²) in [5.74, 6) is -1.49. The number of pyridine rings is 1. The number of nitrogens with zero attached hydrogens (tertiary/aromatic N) is 2. The number of rotatable bonds is 7. The number of aromatic nitrogens is 1. The molecule has 1 aromatic heterocycles. The predicted octanol–water partition coefficient (Wildman–Crippen LogP) is 3.85. The van der Waals surface area contributed by atoms with E-state index in [9.17, 15) is 18.0 Å². The van der Waals surface area contributed by atoms with Gasteiger partial charge in [0.2, 0.25) is 5.91 Å². The summed E-state index contributed by atoms with van der Waals surface area (Å²) in [6.07, 6.45) is 2.70. The Balaban J connectivity index is 2.07. The summed E-state index contributed by atoms with van der Waals surface area (Å²) < 4.78 is 23.6. The molecule has 0 saturated carbocycles. The maximum Gasteiger partial charge on any atom is 0.259 e. The summed E-state index contributed by atoms with van der Waals surface area (Å²) in [6, 6.07) is 14.3. The Bertz CT molecular complexity index is 1280. The Morgan fingerprint density at radius 2 is 1.78 bits per heavy atom. The van der Waals surface area contributed by atoms with Crippen LogP contribution in [0.4, 0.5) is 5.69 Å². The van der Waals surface area contributed by atoms with E-state index >= 15 is 0 Å². The van der Waals surface area contributed by atoms with Gasteiger partial charge in [0.05, 0.1) is 27.1 Å². The Morgan fingerprint density at radius 3 is 2.38 bits per heavy atom. The van der Waals surface area contributed by atoms with Crippen LogP contribution in [0.5, 0.6) is 0 Å². The van der Waals surface area contributed by atoms with Crippen LogP contribution in [0.15, 0.2) is 60.8 Å². The van der Waals surface area contributed by atoms with Crippen molar-refractivity contribution in [2.24, 2.45) is 5.73 Å². The molecule has 2 N–H and O–H groups in total. The number of hydrogen-bond acceptors (Lipinski definition) is 5. The molecule has 1 heterocycles. The van der Waals surface area contributed by atoms with Gasteiger partial charge in [0, 0.05) is 35.8 Å². The molecule has 0 spiro atoms. The molecule has 0 aliphatic heterocycles. The zero-order valence-corrected chi connectivity index (χ0v) is 19.3. The molecule has 0 radical (unpaired) electrons. The van der Waals surface area contributed by atoms with Crippen molar-refractivity contribution in [3.63, 3.8) is 0 Å². The fraction of sp³-hybridized carbons (Fsp3) is 0.136. The summed E-state index contributed by atoms with van der Waals surface area (Å²) in [7, 11) is -3.37. The highest BCUT2D eigenvalue weighted by Gasteiger charge is 2.23. The number of anilines is 1. The van der Waals surface area contributed by atoms with Crippen molar-refractivity contribution in [2.75, 3.05) is 23.5 Å². The molecule has 0 aliphatic rings. The topological polar surface area (TPSA) is 110 Å². The highest BCUT2D eigenvalue weighted by molar-refractivity contribution is 7.90. The van der Waals surface area contributed by atoms with E-state index in [-0.39, 0.29) is 28.4 Å². The fourth-order valence-electron chi connectivity index (χ4n) is 2.99. The molecule has 0 fully saturated rings. The lowest BCUT2D eigenvalue weighted by molar-refractivity contribution is 0.0981. The van der Waals surface area contributed by atoms with Gasteiger partial charge in [-0.25, -0.2) is 8.42 Å². The van der Waals surface area contributed by atoms with E-state index in [1.807, 2.05) is 0 Å². The number of primary amides is 1. The molecule has 7 nitrogen and oxygen atoms in total. The van der Waals surface area contributed by atoms with Crippen LogP contribution in [0.3, 0.4) is 0 Å². The van der Waals surface area contributed by atoms with Gasteiger partial charge in [-0.15, -0.1) is 0 Å². The van der Waals surface area contributed by atoms with E-state index in [1.165, 1.54) is 23.1 Å². The van der Waals surface area contributed by atoms with Crippen molar-refractivity contribution < 1.29 is 18.0 Å². The van der Waals surface area contributed by atoms with E-state index in [0.717, 1.165) is 6.26 Å². The minimum atomic E-state index is -3.37. The van der Waals surface area contributed by atoms with Crippen molar-refractivity contribution in [1.29, 1.82) is 0 Å². The first-order valence-electron chi connectivity index (χ1n) is 9.37. The zero-order chi connectivity index (χ0) is 23.5. The monoisotopic (exact) mass is 491 g/mol. The first-order valence-corrected chi connectivity index (χ1v) is 12.2. The van der Waals surface area contributed by atoms with Gasteiger partial charge < -0.3 is 10.6 Å². The SMILES string of the molecule is CS(=O)(=O)CCN(C(=O)c1ccc(C(N)=O)cc1Cl)c1ccc(Cl)c(-c2ccccn2)c1. The Labute approximate surface area is 195 Å². The van der Waals surface area contributed by atoms with Crippen LogP contribution in [-0.2, 0) is 9.84 Å². The second-order valence-electron chi connectivity index (χ2n) is 7.02. The van der Waals surface area contributed by atoms with Crippen LogP contribution in [-0.4, -0.2) is 43.8 Å². The quantitative estimate of drug-likeness (QED) is 0.539. The number of nitrogens with two attached hydrogens (primary N) is 1. The molecule has 32 heavy (non-hydrogen) atoms. The highest BCUT2D eigenvalue weighted by Crippen LogP contribution is 2.32. The number of sulfone groups is 1. The van der Waals surface area contributed by atoms with Crippen molar-refractivity contribution >= 4 is 50.5 Å². The van der Waals surface area contributed by atoms with Gasteiger partial charge in [-0.2, -0.15) is 0 Å². The minimum Gasteiger partial charge on any atom is -0.366 e. The number of carbonyl (C=O) groups excluding carboxylic acids is 2. The number of carbonyl (C=O) groups is 2. The molecule has 0 saturated heterocycles. The summed E-state index contributed by atoms with van der Waals surface area (Å²) in [5.41, 5.74) is 7.10. The van der Waals surface area contributed by atoms with E-state index in [0.29, 0.717) is 22.0 Å². The van der Waals surface area contributed by atoms with Gasteiger partial charge in [-0.1, -0.05) is 29.3 Å². The summed E-state index contributed by atoms with van der Waals surface area (Å²) >= 11 is 12.6. The zero-order valence-electron chi connectivity index (χ0n) is 17.0. The molecule has 0 bridgehead atoms. The second kappa shape index (κ2) is 9.68. The first kappa shape index (κ1) is 23.7. The van der Waals surface area contributed by atoms with Gasteiger partial charge in [-0.3, -0.25) is 14.6 Å². The van der Waals surface area contributed by atoms with E-state index in [1.54, 1.807) is 42.6 Å². The number of hydrogen-bond donors (Lipinski definition) is 1. The molecule has 3 aromatic rings. The largest absolute Gasteiger partial charge is 0.366 e. The normalized spacial score (nSPS) is 11.2. The van der Waals surface area contributed by atoms with Gasteiger partial charge in [0.15, 0.2) is 0 Å². The van der Waals surface area contributed by atoms with E-state index < -0.39 is 21.7 Å². The maximum absolute atomic E-state index is 13.4. The minimum absolute atomic E-state index is 0.0227. The van der Waals surface area contributed by atoms with Crippen LogP contribution >= 0.6 is 23.2 Å². The van der Waals surface area contributed by atoms with Gasteiger partial charge in [-0.05, 0) is 48.5 Å². The van der Waals surface area contributed by atoms with Crippen LogP contribution in [0.1, 0.15) is 20.7 Å². The molecule has 0 atom stereocenters.